The number of aromatic nitrogens is 3. The Morgan fingerprint density at radius 2 is 1.67 bits per heavy atom. The van der Waals surface area contributed by atoms with Gasteiger partial charge in [-0.2, -0.15) is 18.3 Å². The number of carboxylic acids is 1. The van der Waals surface area contributed by atoms with Crippen molar-refractivity contribution in [3.05, 3.63) is 79.0 Å². The lowest BCUT2D eigenvalue weighted by Crippen LogP contribution is -2.43. The van der Waals surface area contributed by atoms with E-state index in [1.165, 1.54) is 17.8 Å². The number of pyridine rings is 1. The van der Waals surface area contributed by atoms with Gasteiger partial charge in [0.1, 0.15) is 5.69 Å². The predicted molar refractivity (Wildman–Crippen MR) is 160 cm³/mol. The van der Waals surface area contributed by atoms with Gasteiger partial charge >= 0.3 is 12.1 Å². The van der Waals surface area contributed by atoms with E-state index in [2.05, 4.69) is 44.2 Å². The Balaban J connectivity index is 0.000000541. The van der Waals surface area contributed by atoms with E-state index in [4.69, 9.17) is 15.0 Å². The molecule has 0 saturated carbocycles. The molecule has 9 nitrogen and oxygen atoms in total. The van der Waals surface area contributed by atoms with Crippen LogP contribution in [-0.4, -0.2) is 76.1 Å². The van der Waals surface area contributed by atoms with E-state index in [-0.39, 0.29) is 5.82 Å². The van der Waals surface area contributed by atoms with Gasteiger partial charge in [0.05, 0.1) is 11.4 Å². The highest BCUT2D eigenvalue weighted by molar-refractivity contribution is 7.98. The Hall–Kier alpha value is -4.14. The highest BCUT2D eigenvalue weighted by Crippen LogP contribution is 2.36. The summed E-state index contributed by atoms with van der Waals surface area (Å²) in [6, 6.07) is 17.6. The summed E-state index contributed by atoms with van der Waals surface area (Å²) in [4.78, 5) is 15.4. The molecule has 5 rings (SSSR count). The fraction of sp³-hybridized carbons (Fsp3) is 0.276. The number of alkyl halides is 3. The Bertz CT molecular complexity index is 1500. The van der Waals surface area contributed by atoms with E-state index in [1.807, 2.05) is 47.4 Å². The van der Waals surface area contributed by atoms with E-state index in [1.54, 1.807) is 24.5 Å². The number of benzene rings is 2. The number of hydrogen-bond donors (Lipinski definition) is 3. The number of carbonyl (C=O) groups is 1. The van der Waals surface area contributed by atoms with Crippen molar-refractivity contribution in [2.45, 2.75) is 13.1 Å². The van der Waals surface area contributed by atoms with Gasteiger partial charge in [-0.3, -0.25) is 4.98 Å². The molecule has 3 heterocycles. The summed E-state index contributed by atoms with van der Waals surface area (Å²) < 4.78 is 54.4. The first-order valence-electron chi connectivity index (χ1n) is 13.4. The summed E-state index contributed by atoms with van der Waals surface area (Å²) in [6.45, 7) is 6.85. The molecular formula is C29H31F4N7O2S. The highest BCUT2D eigenvalue weighted by Gasteiger charge is 2.38. The van der Waals surface area contributed by atoms with Gasteiger partial charge < -0.3 is 20.0 Å². The molecule has 14 heteroatoms. The first kappa shape index (κ1) is 31.8. The van der Waals surface area contributed by atoms with E-state index >= 15 is 4.39 Å². The third kappa shape index (κ3) is 8.24. The van der Waals surface area contributed by atoms with Gasteiger partial charge in [0.15, 0.2) is 5.82 Å². The number of rotatable bonds is 8. The molecule has 228 valence electrons. The van der Waals surface area contributed by atoms with Crippen LogP contribution in [0.5, 0.6) is 0 Å². The molecule has 0 bridgehead atoms. The van der Waals surface area contributed by atoms with Crippen molar-refractivity contribution in [3.8, 4) is 28.1 Å². The Labute approximate surface area is 250 Å². The average molecular weight is 618 g/mol. The molecule has 2 aromatic carbocycles. The monoisotopic (exact) mass is 617 g/mol. The second-order valence-corrected chi connectivity index (χ2v) is 10.4. The number of piperazine rings is 1. The minimum absolute atomic E-state index is 0.330. The van der Waals surface area contributed by atoms with E-state index in [0.29, 0.717) is 16.9 Å². The van der Waals surface area contributed by atoms with E-state index in [9.17, 15) is 13.2 Å². The largest absolute Gasteiger partial charge is 0.490 e. The van der Waals surface area contributed by atoms with E-state index in [0.717, 1.165) is 49.5 Å². The number of nitrogens with zero attached hydrogens (tertiary/aromatic N) is 5. The van der Waals surface area contributed by atoms with Crippen LogP contribution in [0, 0.1) is 5.82 Å². The number of halogens is 4. The molecule has 0 radical (unpaired) electrons. The van der Waals surface area contributed by atoms with Crippen molar-refractivity contribution in [2.75, 3.05) is 49.4 Å². The maximum absolute atomic E-state index is 15.7. The minimum atomic E-state index is -5.08. The second-order valence-electron chi connectivity index (χ2n) is 9.43. The number of anilines is 2. The van der Waals surface area contributed by atoms with Crippen LogP contribution < -0.4 is 14.9 Å². The summed E-state index contributed by atoms with van der Waals surface area (Å²) in [5.41, 5.74) is 5.35. The SMILES string of the molecule is CCN(C)SNc1cccc(-c2nn(-c3ccc(N4CCNCC4)cc3)cc2-c2ccncc2)c1F.O=C(O)C(F)(F)F. The topological polar surface area (TPSA) is 98.6 Å². The zero-order valence-corrected chi connectivity index (χ0v) is 24.3. The van der Waals surface area contributed by atoms with Gasteiger partial charge in [-0.1, -0.05) is 13.0 Å². The molecule has 0 unspecified atom stereocenters. The fourth-order valence-electron chi connectivity index (χ4n) is 4.17. The molecule has 1 saturated heterocycles. The lowest BCUT2D eigenvalue weighted by molar-refractivity contribution is -0.192. The van der Waals surface area contributed by atoms with Gasteiger partial charge in [-0.25, -0.2) is 18.2 Å². The molecule has 0 spiro atoms. The predicted octanol–water partition coefficient (Wildman–Crippen LogP) is 5.71. The van der Waals surface area contributed by atoms with Gasteiger partial charge in [0, 0.05) is 80.3 Å². The summed E-state index contributed by atoms with van der Waals surface area (Å²) >= 11 is 1.36. The van der Waals surface area contributed by atoms with Gasteiger partial charge in [-0.05, 0) is 61.1 Å². The smallest absolute Gasteiger partial charge is 0.475 e. The maximum Gasteiger partial charge on any atom is 0.490 e. The molecule has 0 atom stereocenters. The Morgan fingerprint density at radius 3 is 2.28 bits per heavy atom. The van der Waals surface area contributed by atoms with Crippen LogP contribution in [-0.2, 0) is 4.79 Å². The van der Waals surface area contributed by atoms with Crippen molar-refractivity contribution >= 4 is 29.5 Å². The Kier molecular flexibility index (Phi) is 10.6. The quantitative estimate of drug-likeness (QED) is 0.170. The molecule has 1 aliphatic rings. The molecule has 3 N–H and O–H groups in total. The number of nitrogens with one attached hydrogen (secondary N) is 2. The maximum atomic E-state index is 15.7. The average Bonchev–Trinajstić information content (AvgIpc) is 3.46. The molecule has 1 aliphatic heterocycles. The van der Waals surface area contributed by atoms with Crippen molar-refractivity contribution < 1.29 is 27.5 Å². The highest BCUT2D eigenvalue weighted by atomic mass is 32.2. The van der Waals surface area contributed by atoms with Crippen LogP contribution in [0.1, 0.15) is 6.92 Å². The van der Waals surface area contributed by atoms with Crippen molar-refractivity contribution in [1.82, 2.24) is 24.4 Å². The van der Waals surface area contributed by atoms with Crippen LogP contribution in [0.3, 0.4) is 0 Å². The van der Waals surface area contributed by atoms with Crippen LogP contribution in [0.2, 0.25) is 0 Å². The normalized spacial score (nSPS) is 13.4. The van der Waals surface area contributed by atoms with Crippen molar-refractivity contribution in [1.29, 1.82) is 0 Å². The Morgan fingerprint density at radius 1 is 1.05 bits per heavy atom. The molecule has 43 heavy (non-hydrogen) atoms. The molecular weight excluding hydrogens is 586 g/mol. The number of hydrogen-bond acceptors (Lipinski definition) is 8. The van der Waals surface area contributed by atoms with Gasteiger partial charge in [-0.15, -0.1) is 0 Å². The van der Waals surface area contributed by atoms with E-state index < -0.39 is 12.1 Å². The second kappa shape index (κ2) is 14.4. The standard InChI is InChI=1S/C27H30FN7S.C2HF3O2/c1-3-33(2)36-32-25-6-4-5-23(26(25)28)27-24(20-11-13-29-14-12-20)19-35(31-27)22-9-7-21(8-10-22)34-17-15-30-16-18-34;3-2(4,5)1(6)7/h4-14,19,30,32H,3,15-18H2,1-2H3;(H,6,7). The van der Waals surface area contributed by atoms with Crippen molar-refractivity contribution in [3.63, 3.8) is 0 Å². The first-order chi connectivity index (χ1) is 20.6. The molecule has 1 fully saturated rings. The van der Waals surface area contributed by atoms with Crippen LogP contribution >= 0.6 is 12.1 Å². The third-order valence-electron chi connectivity index (χ3n) is 6.56. The van der Waals surface area contributed by atoms with Crippen LogP contribution in [0.4, 0.5) is 28.9 Å². The molecule has 2 aromatic heterocycles. The zero-order valence-electron chi connectivity index (χ0n) is 23.5. The van der Waals surface area contributed by atoms with Crippen molar-refractivity contribution in [2.24, 2.45) is 0 Å². The molecule has 4 aromatic rings. The molecule has 0 amide bonds. The number of aliphatic carboxylic acids is 1. The summed E-state index contributed by atoms with van der Waals surface area (Å²) in [6.07, 6.45) is 0.359. The van der Waals surface area contributed by atoms with Crippen LogP contribution in [0.15, 0.2) is 73.2 Å². The minimum Gasteiger partial charge on any atom is -0.475 e. The van der Waals surface area contributed by atoms with Crippen LogP contribution in [0.25, 0.3) is 28.1 Å². The summed E-state index contributed by atoms with van der Waals surface area (Å²) in [5.74, 6) is -3.09. The summed E-state index contributed by atoms with van der Waals surface area (Å²) in [5, 5.41) is 15.4. The fourth-order valence-corrected chi connectivity index (χ4v) is 4.71. The third-order valence-corrected chi connectivity index (χ3v) is 7.44. The van der Waals surface area contributed by atoms with Gasteiger partial charge in [0.2, 0.25) is 0 Å². The first-order valence-corrected chi connectivity index (χ1v) is 14.1. The molecule has 0 aliphatic carbocycles. The zero-order chi connectivity index (χ0) is 31.0. The lowest BCUT2D eigenvalue weighted by atomic mass is 10.0. The number of carboxylic acid groups (broad SMARTS) is 1. The van der Waals surface area contributed by atoms with Gasteiger partial charge in [0.25, 0.3) is 0 Å². The lowest BCUT2D eigenvalue weighted by Gasteiger charge is -2.29. The summed E-state index contributed by atoms with van der Waals surface area (Å²) in [7, 11) is 1.95.